The van der Waals surface area contributed by atoms with Crippen molar-refractivity contribution >= 4 is 0 Å². The first-order valence-corrected chi connectivity index (χ1v) is 14.7. The molecule has 3 aromatic rings. The molecule has 6 rings (SSSR count). The highest BCUT2D eigenvalue weighted by molar-refractivity contribution is 5.58. The van der Waals surface area contributed by atoms with Crippen molar-refractivity contribution in [2.45, 2.75) is 83.1 Å². The highest BCUT2D eigenvalue weighted by Gasteiger charge is 2.55. The third kappa shape index (κ3) is 4.91. The number of benzene rings is 1. The molecule has 41 heavy (non-hydrogen) atoms. The second-order valence-electron chi connectivity index (χ2n) is 12.2. The predicted octanol–water partition coefficient (Wildman–Crippen LogP) is 5.58. The molecular formula is C33H39NO7. The van der Waals surface area contributed by atoms with Gasteiger partial charge in [0.1, 0.15) is 22.7 Å². The SMILES string of the molecule is CCC1[C@@H](O)c2c(cc(-c3cccnc3)oc2=O)O[C@]1(C)[C@@H](O)CC1CCC[C@@H]2O[C@H](c3ccccc3)OC[C@@]12C. The van der Waals surface area contributed by atoms with Gasteiger partial charge < -0.3 is 28.8 Å². The van der Waals surface area contributed by atoms with E-state index in [2.05, 4.69) is 11.9 Å². The van der Waals surface area contributed by atoms with Crippen molar-refractivity contribution in [3.8, 4) is 17.1 Å². The highest BCUT2D eigenvalue weighted by atomic mass is 16.7. The van der Waals surface area contributed by atoms with Crippen LogP contribution in [0.25, 0.3) is 11.3 Å². The summed E-state index contributed by atoms with van der Waals surface area (Å²) in [6, 6.07) is 15.2. The van der Waals surface area contributed by atoms with Crippen LogP contribution >= 0.6 is 0 Å². The van der Waals surface area contributed by atoms with Gasteiger partial charge in [-0.1, -0.05) is 50.6 Å². The lowest BCUT2D eigenvalue weighted by atomic mass is 9.62. The third-order valence-electron chi connectivity index (χ3n) is 9.84. The molecule has 218 valence electrons. The Balaban J connectivity index is 1.26. The van der Waals surface area contributed by atoms with Crippen LogP contribution in [0.2, 0.25) is 0 Å². The summed E-state index contributed by atoms with van der Waals surface area (Å²) < 4.78 is 24.9. The smallest absolute Gasteiger partial charge is 0.345 e. The van der Waals surface area contributed by atoms with Crippen LogP contribution in [0.5, 0.6) is 5.75 Å². The van der Waals surface area contributed by atoms with E-state index in [-0.39, 0.29) is 28.7 Å². The Labute approximate surface area is 240 Å². The fraction of sp³-hybridized carbons (Fsp3) is 0.515. The van der Waals surface area contributed by atoms with Gasteiger partial charge in [0.15, 0.2) is 6.29 Å². The van der Waals surface area contributed by atoms with Crippen LogP contribution in [-0.2, 0) is 9.47 Å². The lowest BCUT2D eigenvalue weighted by molar-refractivity contribution is -0.291. The predicted molar refractivity (Wildman–Crippen MR) is 152 cm³/mol. The van der Waals surface area contributed by atoms with E-state index < -0.39 is 35.6 Å². The molecule has 2 N–H and O–H groups in total. The van der Waals surface area contributed by atoms with Crippen LogP contribution in [0.4, 0.5) is 0 Å². The summed E-state index contributed by atoms with van der Waals surface area (Å²) in [6.07, 6.45) is 4.66. The number of pyridine rings is 1. The van der Waals surface area contributed by atoms with Crippen LogP contribution in [0.3, 0.4) is 0 Å². The lowest BCUT2D eigenvalue weighted by Crippen LogP contribution is -2.58. The summed E-state index contributed by atoms with van der Waals surface area (Å²) in [6.45, 7) is 6.51. The fourth-order valence-corrected chi connectivity index (χ4v) is 7.28. The first-order valence-electron chi connectivity index (χ1n) is 14.7. The number of aliphatic hydroxyl groups excluding tert-OH is 2. The molecule has 1 aromatic carbocycles. The average Bonchev–Trinajstić information content (AvgIpc) is 2.98. The average molecular weight is 562 g/mol. The number of hydrogen-bond acceptors (Lipinski definition) is 8. The molecule has 0 radical (unpaired) electrons. The number of rotatable bonds is 6. The highest BCUT2D eigenvalue weighted by Crippen LogP contribution is 2.53. The van der Waals surface area contributed by atoms with E-state index in [0.717, 1.165) is 24.8 Å². The Kier molecular flexibility index (Phi) is 7.53. The summed E-state index contributed by atoms with van der Waals surface area (Å²) >= 11 is 0. The van der Waals surface area contributed by atoms with Crippen molar-refractivity contribution < 1.29 is 28.8 Å². The molecule has 2 aromatic heterocycles. The van der Waals surface area contributed by atoms with Gasteiger partial charge in [-0.25, -0.2) is 4.79 Å². The first-order chi connectivity index (χ1) is 19.7. The van der Waals surface area contributed by atoms with Gasteiger partial charge in [0.05, 0.1) is 24.9 Å². The van der Waals surface area contributed by atoms with Crippen molar-refractivity contribution in [3.63, 3.8) is 0 Å². The van der Waals surface area contributed by atoms with Gasteiger partial charge in [-0.05, 0) is 50.7 Å². The third-order valence-corrected chi connectivity index (χ3v) is 9.84. The molecule has 3 aliphatic rings. The quantitative estimate of drug-likeness (QED) is 0.401. The molecule has 2 aliphatic heterocycles. The van der Waals surface area contributed by atoms with Crippen LogP contribution in [-0.4, -0.2) is 39.6 Å². The maximum absolute atomic E-state index is 13.0. The van der Waals surface area contributed by atoms with Gasteiger partial charge in [-0.3, -0.25) is 4.98 Å². The van der Waals surface area contributed by atoms with Crippen LogP contribution in [0, 0.1) is 17.3 Å². The summed E-state index contributed by atoms with van der Waals surface area (Å²) in [5, 5.41) is 23.3. The Bertz CT molecular complexity index is 1410. The molecule has 1 aliphatic carbocycles. The van der Waals surface area contributed by atoms with Crippen molar-refractivity contribution in [1.82, 2.24) is 4.98 Å². The van der Waals surface area contributed by atoms with E-state index in [1.807, 2.05) is 44.2 Å². The summed E-state index contributed by atoms with van der Waals surface area (Å²) in [5.41, 5.74) is -0.322. The minimum atomic E-state index is -1.13. The maximum Gasteiger partial charge on any atom is 0.345 e. The first kappa shape index (κ1) is 28.1. The number of aromatic nitrogens is 1. The standard InChI is InChI=1S/C33H39NO7/c1-4-23-29(36)28-25(17-24(39-30(28)37)21-12-9-15-34-18-21)41-33(23,3)26(35)16-22-13-8-14-27-32(22,2)19-38-31(40-27)20-10-6-5-7-11-20/h5-7,9-12,15,17-18,22-23,26-27,29,31,35-36H,4,8,13-14,16,19H2,1-3H3/t22?,23?,26-,27-,29+,31+,32-,33-/m0/s1. The van der Waals surface area contributed by atoms with Crippen LogP contribution in [0.1, 0.15) is 76.4 Å². The van der Waals surface area contributed by atoms with E-state index >= 15 is 0 Å². The number of ether oxygens (including phenoxy) is 3. The summed E-state index contributed by atoms with van der Waals surface area (Å²) in [4.78, 5) is 17.2. The largest absolute Gasteiger partial charge is 0.484 e. The molecule has 8 heteroatoms. The Morgan fingerprint density at radius 1 is 1.12 bits per heavy atom. The molecule has 4 heterocycles. The molecule has 0 bridgehead atoms. The fourth-order valence-electron chi connectivity index (χ4n) is 7.28. The zero-order chi connectivity index (χ0) is 28.8. The summed E-state index contributed by atoms with van der Waals surface area (Å²) in [7, 11) is 0. The van der Waals surface area contributed by atoms with E-state index in [1.54, 1.807) is 30.6 Å². The number of nitrogens with zero attached hydrogens (tertiary/aromatic N) is 1. The molecule has 1 saturated heterocycles. The van der Waals surface area contributed by atoms with Gasteiger partial charge in [-0.15, -0.1) is 0 Å². The lowest BCUT2D eigenvalue weighted by Gasteiger charge is -2.53. The minimum Gasteiger partial charge on any atom is -0.484 e. The number of fused-ring (bicyclic) bond motifs is 2. The maximum atomic E-state index is 13.0. The molecule has 8 nitrogen and oxygen atoms in total. The molecule has 0 spiro atoms. The van der Waals surface area contributed by atoms with Crippen molar-refractivity contribution in [1.29, 1.82) is 0 Å². The van der Waals surface area contributed by atoms with E-state index in [0.29, 0.717) is 30.8 Å². The van der Waals surface area contributed by atoms with Crippen molar-refractivity contribution in [2.75, 3.05) is 6.61 Å². The zero-order valence-corrected chi connectivity index (χ0v) is 23.9. The van der Waals surface area contributed by atoms with Crippen molar-refractivity contribution in [2.24, 2.45) is 17.3 Å². The molecular weight excluding hydrogens is 522 g/mol. The van der Waals surface area contributed by atoms with E-state index in [1.165, 1.54) is 0 Å². The number of aliphatic hydroxyl groups is 2. The van der Waals surface area contributed by atoms with Gasteiger partial charge in [0.25, 0.3) is 0 Å². The second kappa shape index (κ2) is 11.0. The van der Waals surface area contributed by atoms with Gasteiger partial charge in [-0.2, -0.15) is 0 Å². The Morgan fingerprint density at radius 2 is 1.93 bits per heavy atom. The van der Waals surface area contributed by atoms with E-state index in [9.17, 15) is 15.0 Å². The monoisotopic (exact) mass is 561 g/mol. The van der Waals surface area contributed by atoms with E-state index in [4.69, 9.17) is 18.6 Å². The molecule has 2 unspecified atom stereocenters. The summed E-state index contributed by atoms with van der Waals surface area (Å²) in [5.74, 6) is 0.150. The molecule has 8 atom stereocenters. The Morgan fingerprint density at radius 3 is 2.66 bits per heavy atom. The zero-order valence-electron chi connectivity index (χ0n) is 23.9. The minimum absolute atomic E-state index is 0.00690. The normalized spacial score (nSPS) is 33.7. The topological polar surface area (TPSA) is 111 Å². The molecule has 1 saturated carbocycles. The second-order valence-corrected chi connectivity index (χ2v) is 12.2. The Hall–Kier alpha value is -3.04. The van der Waals surface area contributed by atoms with Gasteiger partial charge in [0.2, 0.25) is 0 Å². The van der Waals surface area contributed by atoms with Gasteiger partial charge >= 0.3 is 5.63 Å². The van der Waals surface area contributed by atoms with Crippen LogP contribution < -0.4 is 10.4 Å². The van der Waals surface area contributed by atoms with Crippen molar-refractivity contribution in [3.05, 3.63) is 82.5 Å². The van der Waals surface area contributed by atoms with Crippen LogP contribution in [0.15, 0.2) is 70.1 Å². The molecule has 0 amide bonds. The van der Waals surface area contributed by atoms with Gasteiger partial charge in [0, 0.05) is 40.9 Å². The molecule has 2 fully saturated rings. The number of hydrogen-bond donors (Lipinski definition) is 2.